The van der Waals surface area contributed by atoms with Crippen LogP contribution in [0, 0.1) is 0 Å². The molecule has 2 aliphatic heterocycles. The number of benzene rings is 1. The third kappa shape index (κ3) is 2.65. The average molecular weight is 311 g/mol. The molecule has 0 aliphatic carbocycles. The lowest BCUT2D eigenvalue weighted by atomic mass is 9.90. The van der Waals surface area contributed by atoms with E-state index in [0.717, 1.165) is 37.5 Å². The molecule has 2 unspecified atom stereocenters. The van der Waals surface area contributed by atoms with Crippen LogP contribution in [0.15, 0.2) is 23.8 Å². The monoisotopic (exact) mass is 310 g/mol. The van der Waals surface area contributed by atoms with Gasteiger partial charge in [0.05, 0.1) is 22.3 Å². The quantitative estimate of drug-likeness (QED) is 0.755. The molecule has 2 heterocycles. The van der Waals surface area contributed by atoms with Gasteiger partial charge in [0.2, 0.25) is 0 Å². The lowest BCUT2D eigenvalue weighted by Gasteiger charge is -2.27. The summed E-state index contributed by atoms with van der Waals surface area (Å²) in [5, 5.41) is 1.14. The number of fused-ring (bicyclic) bond motifs is 2. The predicted octanol–water partition coefficient (Wildman–Crippen LogP) is 4.68. The molecule has 0 spiro atoms. The van der Waals surface area contributed by atoms with Crippen molar-refractivity contribution >= 4 is 35.1 Å². The van der Waals surface area contributed by atoms with Gasteiger partial charge >= 0.3 is 0 Å². The molecule has 1 aromatic carbocycles. The van der Waals surface area contributed by atoms with Crippen molar-refractivity contribution in [3.8, 4) is 0 Å². The van der Waals surface area contributed by atoms with Gasteiger partial charge in [-0.2, -0.15) is 0 Å². The maximum atomic E-state index is 10.7. The first-order valence-corrected chi connectivity index (χ1v) is 7.71. The van der Waals surface area contributed by atoms with E-state index in [2.05, 4.69) is 0 Å². The Morgan fingerprint density at radius 3 is 2.85 bits per heavy atom. The molecule has 3 rings (SSSR count). The van der Waals surface area contributed by atoms with Crippen LogP contribution in [-0.2, 0) is 9.53 Å². The normalized spacial score (nSPS) is 25.1. The highest BCUT2D eigenvalue weighted by Crippen LogP contribution is 2.43. The zero-order chi connectivity index (χ0) is 14.1. The van der Waals surface area contributed by atoms with Crippen LogP contribution in [0.25, 0.3) is 5.57 Å². The van der Waals surface area contributed by atoms with Crippen LogP contribution in [0.5, 0.6) is 0 Å². The number of rotatable bonds is 4. The molecule has 1 aromatic rings. The minimum absolute atomic E-state index is 0.179. The van der Waals surface area contributed by atoms with Crippen molar-refractivity contribution in [3.05, 3.63) is 39.4 Å². The van der Waals surface area contributed by atoms with E-state index in [4.69, 9.17) is 27.9 Å². The van der Waals surface area contributed by atoms with Crippen molar-refractivity contribution in [2.75, 3.05) is 0 Å². The van der Waals surface area contributed by atoms with Crippen molar-refractivity contribution < 1.29 is 9.53 Å². The molecule has 106 valence electrons. The van der Waals surface area contributed by atoms with Gasteiger partial charge in [-0.15, -0.1) is 0 Å². The van der Waals surface area contributed by atoms with Gasteiger partial charge in [0, 0.05) is 6.42 Å². The van der Waals surface area contributed by atoms with Crippen molar-refractivity contribution in [2.24, 2.45) is 0 Å². The van der Waals surface area contributed by atoms with Gasteiger partial charge in [-0.3, -0.25) is 0 Å². The molecule has 0 radical (unpaired) electrons. The average Bonchev–Trinajstić information content (AvgIpc) is 2.83. The van der Waals surface area contributed by atoms with Gasteiger partial charge in [0.1, 0.15) is 6.29 Å². The van der Waals surface area contributed by atoms with Crippen molar-refractivity contribution in [2.45, 2.75) is 44.3 Å². The lowest BCUT2D eigenvalue weighted by molar-refractivity contribution is -0.107. The lowest BCUT2D eigenvalue weighted by Crippen LogP contribution is -2.21. The summed E-state index contributed by atoms with van der Waals surface area (Å²) in [6.07, 6.45) is 5.84. The number of hydrogen-bond donors (Lipinski definition) is 0. The van der Waals surface area contributed by atoms with Crippen molar-refractivity contribution in [3.63, 3.8) is 0 Å². The maximum Gasteiger partial charge on any atom is 0.120 e. The summed E-state index contributed by atoms with van der Waals surface area (Å²) in [6.45, 7) is 0. The second-order valence-corrected chi connectivity index (χ2v) is 6.18. The van der Waals surface area contributed by atoms with E-state index in [0.29, 0.717) is 22.6 Å². The first kappa shape index (κ1) is 14.1. The zero-order valence-corrected chi connectivity index (χ0v) is 12.6. The van der Waals surface area contributed by atoms with E-state index in [1.807, 2.05) is 18.2 Å². The van der Waals surface area contributed by atoms with Crippen LogP contribution in [0.1, 0.15) is 37.7 Å². The summed E-state index contributed by atoms with van der Waals surface area (Å²) in [5.41, 5.74) is 3.67. The summed E-state index contributed by atoms with van der Waals surface area (Å²) in [6, 6.07) is 5.76. The van der Waals surface area contributed by atoms with E-state index in [1.165, 1.54) is 11.1 Å². The van der Waals surface area contributed by atoms with Gasteiger partial charge in [0.15, 0.2) is 0 Å². The summed E-state index contributed by atoms with van der Waals surface area (Å²) >= 11 is 12.1. The molecule has 2 nitrogen and oxygen atoms in total. The molecule has 2 atom stereocenters. The zero-order valence-electron chi connectivity index (χ0n) is 11.1. The largest absolute Gasteiger partial charge is 0.370 e. The van der Waals surface area contributed by atoms with Crippen LogP contribution in [0.4, 0.5) is 0 Å². The van der Waals surface area contributed by atoms with Gasteiger partial charge < -0.3 is 9.53 Å². The van der Waals surface area contributed by atoms with Crippen LogP contribution < -0.4 is 0 Å². The standard InChI is InChI=1S/C16H16Cl2O2/c17-14-5-3-10(8-15(14)18)13-9-11-4-6-16(20-11)12(13)2-1-7-19/h3,5,7-8,11,16H,1-2,4,6,9H2. The second kappa shape index (κ2) is 5.88. The van der Waals surface area contributed by atoms with E-state index in [-0.39, 0.29) is 6.10 Å². The fourth-order valence-corrected chi connectivity index (χ4v) is 3.48. The Bertz CT molecular complexity index is 566. The summed E-state index contributed by atoms with van der Waals surface area (Å²) < 4.78 is 5.98. The Balaban J connectivity index is 2.01. The summed E-state index contributed by atoms with van der Waals surface area (Å²) in [7, 11) is 0. The van der Waals surface area contributed by atoms with Gasteiger partial charge in [-0.1, -0.05) is 29.3 Å². The number of carbonyl (C=O) groups excluding carboxylic acids is 1. The fraction of sp³-hybridized carbons (Fsp3) is 0.438. The smallest absolute Gasteiger partial charge is 0.120 e. The molecule has 20 heavy (non-hydrogen) atoms. The van der Waals surface area contributed by atoms with Gasteiger partial charge in [-0.05, 0) is 54.5 Å². The summed E-state index contributed by atoms with van der Waals surface area (Å²) in [4.78, 5) is 10.7. The molecule has 2 aliphatic rings. The molecule has 1 saturated heterocycles. The molecular weight excluding hydrogens is 295 g/mol. The van der Waals surface area contributed by atoms with E-state index in [1.54, 1.807) is 0 Å². The third-order valence-corrected chi connectivity index (χ3v) is 4.85. The molecular formula is C16H16Cl2O2. The molecule has 0 aromatic heterocycles. The molecule has 2 bridgehead atoms. The third-order valence-electron chi connectivity index (χ3n) is 4.12. The second-order valence-electron chi connectivity index (χ2n) is 5.37. The minimum atomic E-state index is 0.179. The number of aldehydes is 1. The molecule has 0 amide bonds. The summed E-state index contributed by atoms with van der Waals surface area (Å²) in [5.74, 6) is 0. The van der Waals surface area contributed by atoms with E-state index in [9.17, 15) is 4.79 Å². The van der Waals surface area contributed by atoms with Gasteiger partial charge in [0.25, 0.3) is 0 Å². The Morgan fingerprint density at radius 2 is 2.10 bits per heavy atom. The van der Waals surface area contributed by atoms with E-state index >= 15 is 0 Å². The van der Waals surface area contributed by atoms with Crippen molar-refractivity contribution in [1.82, 2.24) is 0 Å². The van der Waals surface area contributed by atoms with Gasteiger partial charge in [-0.25, -0.2) is 0 Å². The highest BCUT2D eigenvalue weighted by Gasteiger charge is 2.35. The Hall–Kier alpha value is -0.830. The highest BCUT2D eigenvalue weighted by molar-refractivity contribution is 6.42. The fourth-order valence-electron chi connectivity index (χ4n) is 3.18. The first-order chi connectivity index (χ1) is 9.69. The Labute approximate surface area is 128 Å². The SMILES string of the molecule is O=CCCC1=C(c2ccc(Cl)c(Cl)c2)CC2CCC1O2. The number of halogens is 2. The van der Waals surface area contributed by atoms with Crippen LogP contribution in [0.2, 0.25) is 10.0 Å². The van der Waals surface area contributed by atoms with Crippen LogP contribution >= 0.6 is 23.2 Å². The number of carbonyl (C=O) groups is 1. The molecule has 0 saturated carbocycles. The molecule has 4 heteroatoms. The molecule has 0 N–H and O–H groups in total. The minimum Gasteiger partial charge on any atom is -0.370 e. The van der Waals surface area contributed by atoms with Crippen molar-refractivity contribution in [1.29, 1.82) is 0 Å². The van der Waals surface area contributed by atoms with Crippen LogP contribution in [0.3, 0.4) is 0 Å². The van der Waals surface area contributed by atoms with E-state index < -0.39 is 0 Å². The predicted molar refractivity (Wildman–Crippen MR) is 81.2 cm³/mol. The topological polar surface area (TPSA) is 26.3 Å². The highest BCUT2D eigenvalue weighted by atomic mass is 35.5. The maximum absolute atomic E-state index is 10.7. The Kier molecular flexibility index (Phi) is 4.16. The first-order valence-electron chi connectivity index (χ1n) is 6.95. The number of hydrogen-bond acceptors (Lipinski definition) is 2. The van der Waals surface area contributed by atoms with Crippen LogP contribution in [-0.4, -0.2) is 18.5 Å². The number of ether oxygens (including phenoxy) is 1. The Morgan fingerprint density at radius 1 is 1.25 bits per heavy atom. The molecule has 1 fully saturated rings.